The van der Waals surface area contributed by atoms with Gasteiger partial charge in [0.15, 0.2) is 9.84 Å². The number of rotatable bonds is 2. The average molecular weight is 280 g/mol. The van der Waals surface area contributed by atoms with Crippen LogP contribution in [-0.2, 0) is 9.84 Å². The van der Waals surface area contributed by atoms with Gasteiger partial charge in [0.2, 0.25) is 11.7 Å². The second kappa shape index (κ2) is 4.34. The highest BCUT2D eigenvalue weighted by atomic mass is 32.2. The smallest absolute Gasteiger partial charge is 0.231 e. The van der Waals surface area contributed by atoms with Crippen molar-refractivity contribution in [2.24, 2.45) is 0 Å². The summed E-state index contributed by atoms with van der Waals surface area (Å²) in [5.74, 6) is 0.972. The zero-order chi connectivity index (χ0) is 13.5. The van der Waals surface area contributed by atoms with Gasteiger partial charge in [-0.2, -0.15) is 4.98 Å². The summed E-state index contributed by atoms with van der Waals surface area (Å²) < 4.78 is 28.0. The number of nitrogens with zero attached hydrogens (tertiary/aromatic N) is 2. The standard InChI is InChI=1S/C12H12N2O4S/c15-10-3-1-8(2-4-10)11-13-12(18-14-11)9-5-6-19(16,17)7-9/h1-4,9,15H,5-7H2. The van der Waals surface area contributed by atoms with Crippen LogP contribution < -0.4 is 0 Å². The summed E-state index contributed by atoms with van der Waals surface area (Å²) in [6, 6.07) is 6.42. The van der Waals surface area contributed by atoms with Crippen molar-refractivity contribution in [2.75, 3.05) is 11.5 Å². The number of hydrogen-bond acceptors (Lipinski definition) is 6. The highest BCUT2D eigenvalue weighted by Crippen LogP contribution is 2.29. The monoisotopic (exact) mass is 280 g/mol. The molecule has 19 heavy (non-hydrogen) atoms. The maximum atomic E-state index is 11.4. The highest BCUT2D eigenvalue weighted by Gasteiger charge is 2.32. The topological polar surface area (TPSA) is 93.3 Å². The maximum Gasteiger partial charge on any atom is 0.231 e. The van der Waals surface area contributed by atoms with E-state index in [-0.39, 0.29) is 23.2 Å². The zero-order valence-electron chi connectivity index (χ0n) is 9.98. The lowest BCUT2D eigenvalue weighted by molar-refractivity contribution is 0.361. The summed E-state index contributed by atoms with van der Waals surface area (Å²) in [4.78, 5) is 4.23. The minimum Gasteiger partial charge on any atom is -0.508 e. The van der Waals surface area contributed by atoms with Gasteiger partial charge in [-0.3, -0.25) is 0 Å². The number of phenols is 1. The molecule has 1 N–H and O–H groups in total. The molecule has 1 aliphatic rings. The van der Waals surface area contributed by atoms with E-state index in [4.69, 9.17) is 4.52 Å². The lowest BCUT2D eigenvalue weighted by Crippen LogP contribution is -2.03. The van der Waals surface area contributed by atoms with Crippen molar-refractivity contribution in [2.45, 2.75) is 12.3 Å². The van der Waals surface area contributed by atoms with Gasteiger partial charge < -0.3 is 9.63 Å². The van der Waals surface area contributed by atoms with E-state index in [1.165, 1.54) is 12.1 Å². The lowest BCUT2D eigenvalue weighted by Gasteiger charge is -1.98. The first kappa shape index (κ1) is 12.2. The summed E-state index contributed by atoms with van der Waals surface area (Å²) in [6.45, 7) is 0. The normalized spacial score (nSPS) is 21.6. The minimum absolute atomic E-state index is 0.0736. The molecule has 0 spiro atoms. The van der Waals surface area contributed by atoms with Crippen LogP contribution in [-0.4, -0.2) is 35.2 Å². The minimum atomic E-state index is -2.97. The van der Waals surface area contributed by atoms with Crippen LogP contribution in [0.25, 0.3) is 11.4 Å². The van der Waals surface area contributed by atoms with Crippen LogP contribution in [0.4, 0.5) is 0 Å². The molecular formula is C12H12N2O4S. The van der Waals surface area contributed by atoms with Crippen molar-refractivity contribution in [1.29, 1.82) is 0 Å². The first-order valence-corrected chi connectivity index (χ1v) is 7.69. The summed E-state index contributed by atoms with van der Waals surface area (Å²) in [7, 11) is -2.97. The van der Waals surface area contributed by atoms with Gasteiger partial charge in [0.25, 0.3) is 0 Å². The van der Waals surface area contributed by atoms with E-state index in [1.807, 2.05) is 0 Å². The molecule has 0 radical (unpaired) electrons. The predicted octanol–water partition coefficient (Wildman–Crippen LogP) is 1.34. The first-order chi connectivity index (χ1) is 9.03. The highest BCUT2D eigenvalue weighted by molar-refractivity contribution is 7.91. The number of hydrogen-bond donors (Lipinski definition) is 1. The largest absolute Gasteiger partial charge is 0.508 e. The predicted molar refractivity (Wildman–Crippen MR) is 67.4 cm³/mol. The molecule has 3 rings (SSSR count). The van der Waals surface area contributed by atoms with Crippen LogP contribution in [0.2, 0.25) is 0 Å². The van der Waals surface area contributed by atoms with Gasteiger partial charge in [0.1, 0.15) is 5.75 Å². The molecule has 1 aliphatic heterocycles. The van der Waals surface area contributed by atoms with Gasteiger partial charge >= 0.3 is 0 Å². The van der Waals surface area contributed by atoms with E-state index in [0.717, 1.165) is 0 Å². The van der Waals surface area contributed by atoms with Crippen LogP contribution in [0.5, 0.6) is 5.75 Å². The van der Waals surface area contributed by atoms with E-state index in [0.29, 0.717) is 23.7 Å². The van der Waals surface area contributed by atoms with Crippen molar-refractivity contribution in [1.82, 2.24) is 10.1 Å². The second-order valence-electron chi connectivity index (χ2n) is 4.60. The van der Waals surface area contributed by atoms with Crippen molar-refractivity contribution in [3.63, 3.8) is 0 Å². The Morgan fingerprint density at radius 1 is 1.26 bits per heavy atom. The van der Waals surface area contributed by atoms with E-state index in [1.54, 1.807) is 12.1 Å². The number of aromatic nitrogens is 2. The molecule has 0 bridgehead atoms. The van der Waals surface area contributed by atoms with Gasteiger partial charge in [-0.15, -0.1) is 0 Å². The summed E-state index contributed by atoms with van der Waals surface area (Å²) in [5.41, 5.74) is 0.716. The molecule has 1 saturated heterocycles. The summed E-state index contributed by atoms with van der Waals surface area (Å²) in [5, 5.41) is 13.1. The third-order valence-electron chi connectivity index (χ3n) is 3.15. The van der Waals surface area contributed by atoms with E-state index < -0.39 is 9.84 Å². The average Bonchev–Trinajstić information content (AvgIpc) is 2.96. The van der Waals surface area contributed by atoms with Crippen LogP contribution >= 0.6 is 0 Å². The van der Waals surface area contributed by atoms with E-state index >= 15 is 0 Å². The third-order valence-corrected chi connectivity index (χ3v) is 4.92. The number of aromatic hydroxyl groups is 1. The molecular weight excluding hydrogens is 268 g/mol. The molecule has 1 aromatic heterocycles. The fourth-order valence-electron chi connectivity index (χ4n) is 2.12. The van der Waals surface area contributed by atoms with Gasteiger partial charge in [-0.1, -0.05) is 5.16 Å². The molecule has 1 atom stereocenters. The van der Waals surface area contributed by atoms with Gasteiger partial charge in [-0.25, -0.2) is 8.42 Å². The Morgan fingerprint density at radius 3 is 2.63 bits per heavy atom. The Morgan fingerprint density at radius 2 is 2.00 bits per heavy atom. The van der Waals surface area contributed by atoms with Crippen LogP contribution in [0.1, 0.15) is 18.2 Å². The van der Waals surface area contributed by atoms with Crippen LogP contribution in [0.15, 0.2) is 28.8 Å². The summed E-state index contributed by atoms with van der Waals surface area (Å²) >= 11 is 0. The Labute approximate surface area is 110 Å². The molecule has 100 valence electrons. The van der Waals surface area contributed by atoms with Gasteiger partial charge in [0.05, 0.1) is 17.4 Å². The number of phenolic OH excluding ortho intramolecular Hbond substituents is 1. The molecule has 1 unspecified atom stereocenters. The molecule has 0 aliphatic carbocycles. The number of benzene rings is 1. The molecule has 0 saturated carbocycles. The SMILES string of the molecule is O=S1(=O)CCC(c2nc(-c3ccc(O)cc3)no2)C1. The zero-order valence-corrected chi connectivity index (χ0v) is 10.8. The van der Waals surface area contributed by atoms with E-state index in [9.17, 15) is 13.5 Å². The maximum absolute atomic E-state index is 11.4. The van der Waals surface area contributed by atoms with Crippen molar-refractivity contribution in [3.05, 3.63) is 30.2 Å². The van der Waals surface area contributed by atoms with Gasteiger partial charge in [-0.05, 0) is 30.7 Å². The van der Waals surface area contributed by atoms with Gasteiger partial charge in [0, 0.05) is 5.56 Å². The Hall–Kier alpha value is -1.89. The first-order valence-electron chi connectivity index (χ1n) is 5.87. The second-order valence-corrected chi connectivity index (χ2v) is 6.83. The molecule has 2 aromatic rings. The number of sulfone groups is 1. The van der Waals surface area contributed by atoms with Crippen molar-refractivity contribution >= 4 is 9.84 Å². The van der Waals surface area contributed by atoms with Crippen LogP contribution in [0, 0.1) is 0 Å². The fourth-order valence-corrected chi connectivity index (χ4v) is 3.85. The third kappa shape index (κ3) is 2.46. The lowest BCUT2D eigenvalue weighted by atomic mass is 10.1. The molecule has 1 aromatic carbocycles. The molecule has 0 amide bonds. The van der Waals surface area contributed by atoms with E-state index in [2.05, 4.69) is 10.1 Å². The molecule has 2 heterocycles. The summed E-state index contributed by atoms with van der Waals surface area (Å²) in [6.07, 6.45) is 0.527. The van der Waals surface area contributed by atoms with Crippen LogP contribution in [0.3, 0.4) is 0 Å². The van der Waals surface area contributed by atoms with Crippen molar-refractivity contribution < 1.29 is 18.0 Å². The Balaban J connectivity index is 1.86. The molecule has 1 fully saturated rings. The molecule has 6 nitrogen and oxygen atoms in total. The quantitative estimate of drug-likeness (QED) is 0.892. The Bertz CT molecular complexity index is 691. The fraction of sp³-hybridized carbons (Fsp3) is 0.333. The Kier molecular flexibility index (Phi) is 2.78. The molecule has 7 heteroatoms. The van der Waals surface area contributed by atoms with Crippen molar-refractivity contribution in [3.8, 4) is 17.1 Å².